The summed E-state index contributed by atoms with van der Waals surface area (Å²) < 4.78 is 67.8. The first-order valence-corrected chi connectivity index (χ1v) is 36.1. The van der Waals surface area contributed by atoms with Crippen molar-refractivity contribution in [3.8, 4) is 0 Å². The van der Waals surface area contributed by atoms with Gasteiger partial charge in [0.05, 0.1) is 26.4 Å². The summed E-state index contributed by atoms with van der Waals surface area (Å²) in [5.74, 6) is -1.36. The minimum atomic E-state index is -4.94. The molecule has 82 heavy (non-hydrogen) atoms. The number of aliphatic hydroxyl groups is 1. The third-order valence-electron chi connectivity index (χ3n) is 14.5. The first kappa shape index (κ1) is 80.1. The van der Waals surface area contributed by atoms with Crippen molar-refractivity contribution >= 4 is 39.5 Å². The van der Waals surface area contributed by atoms with E-state index in [0.717, 1.165) is 109 Å². The van der Waals surface area contributed by atoms with Crippen molar-refractivity contribution in [1.29, 1.82) is 0 Å². The molecule has 0 amide bonds. The van der Waals surface area contributed by atoms with Crippen LogP contribution in [0.3, 0.4) is 0 Å². The number of aliphatic hydroxyl groups excluding tert-OH is 1. The van der Waals surface area contributed by atoms with Gasteiger partial charge in [-0.2, -0.15) is 0 Å². The molecule has 0 spiro atoms. The lowest BCUT2D eigenvalue weighted by Gasteiger charge is -2.21. The molecule has 0 aromatic rings. The number of carbonyl (C=O) groups excluding carboxylic acids is 4. The Morgan fingerprint density at radius 1 is 0.329 bits per heavy atom. The van der Waals surface area contributed by atoms with Gasteiger partial charge in [0.25, 0.3) is 0 Å². The second-order valence-corrected chi connectivity index (χ2v) is 26.2. The second kappa shape index (κ2) is 56.8. The fraction of sp³-hybridized carbons (Fsp3) is 0.937. The van der Waals surface area contributed by atoms with E-state index < -0.39 is 97.5 Å². The van der Waals surface area contributed by atoms with Gasteiger partial charge in [-0.25, -0.2) is 9.13 Å². The predicted molar refractivity (Wildman–Crippen MR) is 326 cm³/mol. The van der Waals surface area contributed by atoms with E-state index in [1.165, 1.54) is 128 Å². The maximum Gasteiger partial charge on any atom is 0.472 e. The van der Waals surface area contributed by atoms with Crippen LogP contribution in [-0.2, 0) is 65.4 Å². The Bertz CT molecular complexity index is 1600. The Morgan fingerprint density at radius 3 is 0.829 bits per heavy atom. The quantitative estimate of drug-likeness (QED) is 0.0222. The number of phosphoric ester groups is 2. The predicted octanol–water partition coefficient (Wildman–Crippen LogP) is 17.4. The third-order valence-corrected chi connectivity index (χ3v) is 16.4. The van der Waals surface area contributed by atoms with Crippen LogP contribution in [0.5, 0.6) is 0 Å². The van der Waals surface area contributed by atoms with Crippen molar-refractivity contribution in [3.05, 3.63) is 0 Å². The van der Waals surface area contributed by atoms with Gasteiger partial charge in [0.2, 0.25) is 0 Å². The third kappa shape index (κ3) is 57.2. The lowest BCUT2D eigenvalue weighted by atomic mass is 10.0. The molecule has 0 aromatic heterocycles. The number of carbonyl (C=O) groups is 4. The molecule has 0 saturated carbocycles. The van der Waals surface area contributed by atoms with E-state index in [2.05, 4.69) is 34.6 Å². The highest BCUT2D eigenvalue weighted by Gasteiger charge is 2.30. The van der Waals surface area contributed by atoms with E-state index in [-0.39, 0.29) is 25.7 Å². The number of phosphoric acid groups is 2. The summed E-state index contributed by atoms with van der Waals surface area (Å²) in [5.41, 5.74) is 0. The van der Waals surface area contributed by atoms with Crippen molar-refractivity contribution in [2.24, 2.45) is 5.92 Å². The average Bonchev–Trinajstić information content (AvgIpc) is 3.45. The van der Waals surface area contributed by atoms with E-state index in [1.807, 2.05) is 0 Å². The number of rotatable bonds is 63. The lowest BCUT2D eigenvalue weighted by molar-refractivity contribution is -0.161. The Kier molecular flexibility index (Phi) is 55.5. The highest BCUT2D eigenvalue weighted by molar-refractivity contribution is 7.47. The molecule has 0 radical (unpaired) electrons. The molecular weight excluding hydrogens is 1090 g/mol. The summed E-state index contributed by atoms with van der Waals surface area (Å²) in [6, 6.07) is 0. The van der Waals surface area contributed by atoms with Crippen molar-refractivity contribution in [3.63, 3.8) is 0 Å². The fourth-order valence-corrected chi connectivity index (χ4v) is 11.0. The molecule has 17 nitrogen and oxygen atoms in total. The largest absolute Gasteiger partial charge is 0.472 e. The standard InChI is InChI=1S/C63H122O17P2/c1-6-9-12-15-18-20-27-32-37-42-47-61(66)74-53-59(80-63(68)49-44-39-34-29-25-23-22-24-26-31-35-40-45-56(4)5)55-78-82(71,72)76-51-57(64)50-75-81(69,70)77-54-58(52-73-60(65)46-41-36-30-17-14-11-8-3)79-62(67)48-43-38-33-28-21-19-16-13-10-7-2/h56-59,64H,6-55H2,1-5H3,(H,69,70)(H,71,72)/t57-,58+,59+/m0/s1. The molecule has 0 aliphatic rings. The molecule has 5 atom stereocenters. The normalized spacial score (nSPS) is 14.3. The first-order chi connectivity index (χ1) is 39.5. The maximum atomic E-state index is 13.0. The van der Waals surface area contributed by atoms with Crippen LogP contribution in [0.2, 0.25) is 0 Å². The van der Waals surface area contributed by atoms with Crippen LogP contribution in [0.4, 0.5) is 0 Å². The topological polar surface area (TPSA) is 237 Å². The van der Waals surface area contributed by atoms with Crippen LogP contribution in [0, 0.1) is 5.92 Å². The van der Waals surface area contributed by atoms with Crippen LogP contribution in [0.25, 0.3) is 0 Å². The Balaban J connectivity index is 5.20. The molecule has 0 saturated heterocycles. The number of ether oxygens (including phenoxy) is 4. The van der Waals surface area contributed by atoms with Gasteiger partial charge in [-0.15, -0.1) is 0 Å². The summed E-state index contributed by atoms with van der Waals surface area (Å²) in [6.07, 6.45) is 40.3. The van der Waals surface area contributed by atoms with E-state index in [4.69, 9.17) is 37.0 Å². The smallest absolute Gasteiger partial charge is 0.462 e. The average molecular weight is 1210 g/mol. The summed E-state index contributed by atoms with van der Waals surface area (Å²) in [6.45, 7) is 7.14. The first-order valence-electron chi connectivity index (χ1n) is 33.1. The van der Waals surface area contributed by atoms with Crippen molar-refractivity contribution in [2.75, 3.05) is 39.6 Å². The lowest BCUT2D eigenvalue weighted by Crippen LogP contribution is -2.30. The van der Waals surface area contributed by atoms with Crippen molar-refractivity contribution in [2.45, 2.75) is 335 Å². The molecular formula is C63H122O17P2. The number of unbranched alkanes of at least 4 members (excludes halogenated alkanes) is 35. The molecule has 486 valence electrons. The van der Waals surface area contributed by atoms with Crippen LogP contribution in [-0.4, -0.2) is 96.7 Å². The Morgan fingerprint density at radius 2 is 0.561 bits per heavy atom. The van der Waals surface area contributed by atoms with Gasteiger partial charge in [0, 0.05) is 25.7 Å². The molecule has 0 aliphatic carbocycles. The van der Waals surface area contributed by atoms with E-state index in [1.54, 1.807) is 0 Å². The van der Waals surface area contributed by atoms with Crippen LogP contribution >= 0.6 is 15.6 Å². The number of hydrogen-bond donors (Lipinski definition) is 3. The molecule has 19 heteroatoms. The highest BCUT2D eigenvalue weighted by atomic mass is 31.2. The fourth-order valence-electron chi connectivity index (χ4n) is 9.41. The van der Waals surface area contributed by atoms with Crippen LogP contribution in [0.15, 0.2) is 0 Å². The number of esters is 4. The molecule has 0 heterocycles. The molecule has 0 aliphatic heterocycles. The Hall–Kier alpha value is -1.94. The minimum absolute atomic E-state index is 0.106. The zero-order chi connectivity index (χ0) is 60.6. The summed E-state index contributed by atoms with van der Waals surface area (Å²) >= 11 is 0. The van der Waals surface area contributed by atoms with Gasteiger partial charge in [0.15, 0.2) is 12.2 Å². The zero-order valence-electron chi connectivity index (χ0n) is 52.6. The minimum Gasteiger partial charge on any atom is -0.462 e. The van der Waals surface area contributed by atoms with E-state index >= 15 is 0 Å². The molecule has 0 rings (SSSR count). The van der Waals surface area contributed by atoms with Crippen LogP contribution in [0.1, 0.15) is 317 Å². The molecule has 0 aromatic carbocycles. The summed E-state index contributed by atoms with van der Waals surface area (Å²) in [4.78, 5) is 72.0. The van der Waals surface area contributed by atoms with Gasteiger partial charge in [-0.3, -0.25) is 37.3 Å². The molecule has 2 unspecified atom stereocenters. The van der Waals surface area contributed by atoms with Gasteiger partial charge in [0.1, 0.15) is 19.3 Å². The van der Waals surface area contributed by atoms with E-state index in [0.29, 0.717) is 25.7 Å². The number of hydrogen-bond acceptors (Lipinski definition) is 15. The Labute approximate surface area is 498 Å². The molecule has 0 bridgehead atoms. The van der Waals surface area contributed by atoms with Crippen LogP contribution < -0.4 is 0 Å². The monoisotopic (exact) mass is 1210 g/mol. The van der Waals surface area contributed by atoms with Gasteiger partial charge in [-0.1, -0.05) is 266 Å². The molecule has 3 N–H and O–H groups in total. The van der Waals surface area contributed by atoms with Crippen molar-refractivity contribution < 1.29 is 80.2 Å². The van der Waals surface area contributed by atoms with Gasteiger partial charge < -0.3 is 33.8 Å². The SMILES string of the molecule is CCCCCCCCCCCCC(=O)OC[C@H](COP(=O)(O)OC[C@@H](O)COP(=O)(O)OC[C@@H](COC(=O)CCCCCCCCC)OC(=O)CCCCCCCCCCCC)OC(=O)CCCCCCCCCCCCCCC(C)C. The van der Waals surface area contributed by atoms with Gasteiger partial charge in [-0.05, 0) is 31.6 Å². The molecule has 0 fully saturated rings. The highest BCUT2D eigenvalue weighted by Crippen LogP contribution is 2.45. The van der Waals surface area contributed by atoms with Gasteiger partial charge >= 0.3 is 39.5 Å². The van der Waals surface area contributed by atoms with Crippen molar-refractivity contribution in [1.82, 2.24) is 0 Å². The summed E-state index contributed by atoms with van der Waals surface area (Å²) in [5, 5.41) is 10.5. The maximum absolute atomic E-state index is 13.0. The zero-order valence-corrected chi connectivity index (χ0v) is 54.4. The summed E-state index contributed by atoms with van der Waals surface area (Å²) in [7, 11) is -9.88. The second-order valence-electron chi connectivity index (χ2n) is 23.3. The van der Waals surface area contributed by atoms with E-state index in [9.17, 15) is 43.2 Å².